The molecular weight excluding hydrogens is 735 g/mol. The number of carbonyl (C=O) groups excluding carboxylic acids is 2. The monoisotopic (exact) mass is 787 g/mol. The van der Waals surface area contributed by atoms with E-state index < -0.39 is 48.6 Å². The Morgan fingerprint density at radius 2 is 0.966 bits per heavy atom. The van der Waals surface area contributed by atoms with E-state index in [0.29, 0.717) is 39.3 Å². The molecule has 5 aromatic carbocycles. The molecule has 6 atom stereocenters. The first-order valence-electron chi connectivity index (χ1n) is 19.8. The van der Waals surface area contributed by atoms with E-state index in [9.17, 15) is 9.59 Å². The highest BCUT2D eigenvalue weighted by Crippen LogP contribution is 2.33. The number of carbonyl (C=O) groups is 2. The third-order valence-corrected chi connectivity index (χ3v) is 9.95. The van der Waals surface area contributed by atoms with E-state index in [0.717, 1.165) is 27.8 Å². The summed E-state index contributed by atoms with van der Waals surface area (Å²) in [4.78, 5) is 25.7. The third-order valence-electron chi connectivity index (χ3n) is 9.95. The predicted molar refractivity (Wildman–Crippen MR) is 219 cm³/mol. The topological polar surface area (TPSA) is 111 Å². The molecule has 58 heavy (non-hydrogen) atoms. The van der Waals surface area contributed by atoms with Gasteiger partial charge < -0.3 is 38.5 Å². The van der Waals surface area contributed by atoms with Gasteiger partial charge in [-0.3, -0.25) is 0 Å². The molecular formula is C48H53NO9. The lowest BCUT2D eigenvalue weighted by Crippen LogP contribution is -2.61. The van der Waals surface area contributed by atoms with Crippen LogP contribution in [0.15, 0.2) is 152 Å². The first kappa shape index (κ1) is 42.3. The number of rotatable bonds is 21. The first-order chi connectivity index (χ1) is 28.6. The van der Waals surface area contributed by atoms with Crippen LogP contribution in [0.4, 0.5) is 4.79 Å². The molecule has 304 valence electrons. The van der Waals surface area contributed by atoms with Crippen molar-refractivity contribution in [1.82, 2.24) is 5.32 Å². The molecule has 10 heteroatoms. The van der Waals surface area contributed by atoms with Gasteiger partial charge in [0.25, 0.3) is 0 Å². The molecule has 10 nitrogen and oxygen atoms in total. The Balaban J connectivity index is 1.24. The smallest absolute Gasteiger partial charge is 0.408 e. The molecule has 1 N–H and O–H groups in total. The summed E-state index contributed by atoms with van der Waals surface area (Å²) in [6.45, 7) is 1.68. The van der Waals surface area contributed by atoms with E-state index in [-0.39, 0.29) is 19.6 Å². The molecule has 0 bridgehead atoms. The van der Waals surface area contributed by atoms with Crippen LogP contribution in [-0.2, 0) is 71.0 Å². The lowest BCUT2D eigenvalue weighted by atomic mass is 9.91. The number of benzene rings is 5. The highest BCUT2D eigenvalue weighted by molar-refractivity contribution is 5.81. The fourth-order valence-corrected chi connectivity index (χ4v) is 6.94. The third kappa shape index (κ3) is 13.4. The fourth-order valence-electron chi connectivity index (χ4n) is 6.94. The van der Waals surface area contributed by atoms with Crippen molar-refractivity contribution in [3.05, 3.63) is 179 Å². The number of nitrogens with one attached hydrogen (secondary N) is 1. The van der Waals surface area contributed by atoms with Gasteiger partial charge in [-0.05, 0) is 47.1 Å². The van der Waals surface area contributed by atoms with Crippen LogP contribution in [0, 0.1) is 0 Å². The van der Waals surface area contributed by atoms with E-state index in [1.54, 1.807) is 0 Å². The minimum atomic E-state index is -0.933. The highest BCUT2D eigenvalue weighted by atomic mass is 16.6. The van der Waals surface area contributed by atoms with Gasteiger partial charge in [-0.2, -0.15) is 0 Å². The Kier molecular flexibility index (Phi) is 16.9. The van der Waals surface area contributed by atoms with Crippen LogP contribution in [0.5, 0.6) is 0 Å². The summed E-state index contributed by atoms with van der Waals surface area (Å²) in [5.41, 5.74) is 4.90. The predicted octanol–water partition coefficient (Wildman–Crippen LogP) is 8.37. The minimum Gasteiger partial charge on any atom is -0.467 e. The van der Waals surface area contributed by atoms with E-state index in [4.69, 9.17) is 33.2 Å². The first-order valence-corrected chi connectivity index (χ1v) is 19.8. The molecule has 0 saturated carbocycles. The second kappa shape index (κ2) is 23.1. The summed E-state index contributed by atoms with van der Waals surface area (Å²) >= 11 is 0. The van der Waals surface area contributed by atoms with Gasteiger partial charge in [0.15, 0.2) is 0 Å². The van der Waals surface area contributed by atoms with Gasteiger partial charge in [0.2, 0.25) is 0 Å². The summed E-state index contributed by atoms with van der Waals surface area (Å²) in [7, 11) is 1.30. The number of hydrogen-bond donors (Lipinski definition) is 1. The Bertz CT molecular complexity index is 1900. The van der Waals surface area contributed by atoms with Crippen molar-refractivity contribution in [2.24, 2.45) is 0 Å². The number of methoxy groups -OCH3 is 1. The minimum absolute atomic E-state index is 0.0719. The van der Waals surface area contributed by atoms with Gasteiger partial charge in [0.05, 0.1) is 46.2 Å². The Labute approximate surface area is 341 Å². The molecule has 1 heterocycles. The molecule has 6 rings (SSSR count). The summed E-state index contributed by atoms with van der Waals surface area (Å²) in [6, 6.07) is 48.4. The largest absolute Gasteiger partial charge is 0.467 e. The number of hydrogen-bond acceptors (Lipinski definition) is 9. The van der Waals surface area contributed by atoms with E-state index in [1.807, 2.05) is 152 Å². The Hall–Kier alpha value is -5.36. The van der Waals surface area contributed by atoms with Crippen molar-refractivity contribution in [2.75, 3.05) is 13.7 Å². The van der Waals surface area contributed by atoms with Gasteiger partial charge >= 0.3 is 12.1 Å². The zero-order chi connectivity index (χ0) is 40.2. The van der Waals surface area contributed by atoms with Crippen LogP contribution in [-0.4, -0.2) is 62.3 Å². The van der Waals surface area contributed by atoms with Crippen LogP contribution >= 0.6 is 0 Å². The van der Waals surface area contributed by atoms with E-state index in [1.165, 1.54) is 7.11 Å². The molecule has 0 radical (unpaired) electrons. The van der Waals surface area contributed by atoms with Crippen LogP contribution in [0.25, 0.3) is 0 Å². The fraction of sp³-hybridized carbons (Fsp3) is 0.333. The van der Waals surface area contributed by atoms with Crippen LogP contribution in [0.3, 0.4) is 0 Å². The van der Waals surface area contributed by atoms with E-state index >= 15 is 0 Å². The van der Waals surface area contributed by atoms with Gasteiger partial charge in [-0.25, -0.2) is 9.59 Å². The molecule has 1 saturated heterocycles. The number of esters is 1. The van der Waals surface area contributed by atoms with Crippen LogP contribution < -0.4 is 5.32 Å². The van der Waals surface area contributed by atoms with Crippen molar-refractivity contribution < 1.29 is 42.7 Å². The molecule has 0 aliphatic carbocycles. The molecule has 1 amide bonds. The summed E-state index contributed by atoms with van der Waals surface area (Å²) in [6.07, 6.45) is -2.22. The highest BCUT2D eigenvalue weighted by Gasteiger charge is 2.48. The standard InChI is InChI=1S/C48H53NO9/c1-52-47(50)41(49-48(51)57-34-40-26-15-6-16-27-40)28-17-29-42-44(54-31-37-20-9-3-10-21-37)46(56-33-39-24-13-5-14-25-39)45(55-32-38-22-11-4-12-23-38)43(58-42)35-53-30-36-18-7-2-8-19-36/h2-16,18-27,41-46H,17,28-35H2,1H3,(H,49,51)/t41-,42-,43+,44-,45+,46+/m0/s1. The molecule has 1 fully saturated rings. The molecule has 0 unspecified atom stereocenters. The average Bonchev–Trinajstić information content (AvgIpc) is 3.28. The molecule has 0 aromatic heterocycles. The van der Waals surface area contributed by atoms with Crippen molar-refractivity contribution >= 4 is 12.1 Å². The van der Waals surface area contributed by atoms with Crippen molar-refractivity contribution in [2.45, 2.75) is 88.9 Å². The summed E-state index contributed by atoms with van der Waals surface area (Å²) < 4.78 is 44.2. The molecule has 1 aliphatic heterocycles. The maximum atomic E-state index is 12.9. The van der Waals surface area contributed by atoms with Crippen LogP contribution in [0.1, 0.15) is 47.1 Å². The zero-order valence-electron chi connectivity index (χ0n) is 32.9. The Morgan fingerprint density at radius 1 is 0.552 bits per heavy atom. The Morgan fingerprint density at radius 3 is 1.43 bits per heavy atom. The van der Waals surface area contributed by atoms with Gasteiger partial charge in [-0.1, -0.05) is 152 Å². The number of alkyl carbamates (subject to hydrolysis) is 1. The average molecular weight is 788 g/mol. The lowest BCUT2D eigenvalue weighted by molar-refractivity contribution is -0.273. The van der Waals surface area contributed by atoms with E-state index in [2.05, 4.69) is 5.32 Å². The SMILES string of the molecule is COC(=O)[C@H](CCC[C@@H]1O[C@H](COCc2ccccc2)[C@@H](OCc2ccccc2)[C@H](OCc2ccccc2)[C@H]1OCc1ccccc1)NC(=O)OCc1ccccc1. The molecule has 0 spiro atoms. The van der Waals surface area contributed by atoms with Crippen molar-refractivity contribution in [3.8, 4) is 0 Å². The summed E-state index contributed by atoms with van der Waals surface area (Å²) in [5.74, 6) is -0.566. The van der Waals surface area contributed by atoms with Crippen molar-refractivity contribution in [3.63, 3.8) is 0 Å². The second-order valence-electron chi connectivity index (χ2n) is 14.2. The zero-order valence-corrected chi connectivity index (χ0v) is 32.9. The maximum Gasteiger partial charge on any atom is 0.408 e. The van der Waals surface area contributed by atoms with Gasteiger partial charge in [0, 0.05) is 0 Å². The number of ether oxygens (including phenoxy) is 7. The lowest BCUT2D eigenvalue weighted by Gasteiger charge is -2.46. The van der Waals surface area contributed by atoms with Gasteiger partial charge in [0.1, 0.15) is 37.1 Å². The second-order valence-corrected chi connectivity index (χ2v) is 14.2. The van der Waals surface area contributed by atoms with Gasteiger partial charge in [-0.15, -0.1) is 0 Å². The maximum absolute atomic E-state index is 12.9. The number of amides is 1. The summed E-state index contributed by atoms with van der Waals surface area (Å²) in [5, 5.41) is 2.70. The quantitative estimate of drug-likeness (QED) is 0.0734. The van der Waals surface area contributed by atoms with Crippen molar-refractivity contribution in [1.29, 1.82) is 0 Å². The van der Waals surface area contributed by atoms with Crippen LogP contribution in [0.2, 0.25) is 0 Å². The normalized spacial score (nSPS) is 19.5. The molecule has 5 aromatic rings. The molecule has 1 aliphatic rings.